The zero-order chi connectivity index (χ0) is 24.2. The maximum absolute atomic E-state index is 13.4. The third kappa shape index (κ3) is 4.72. The van der Waals surface area contributed by atoms with E-state index in [2.05, 4.69) is 27.5 Å². The molecule has 0 saturated carbocycles. The van der Waals surface area contributed by atoms with E-state index >= 15 is 0 Å². The first-order valence-corrected chi connectivity index (χ1v) is 11.5. The van der Waals surface area contributed by atoms with E-state index in [1.165, 1.54) is 10.2 Å². The van der Waals surface area contributed by atoms with Crippen LogP contribution < -0.4 is 11.1 Å². The lowest BCUT2D eigenvalue weighted by Gasteiger charge is -2.14. The summed E-state index contributed by atoms with van der Waals surface area (Å²) in [5, 5.41) is 7.56. The van der Waals surface area contributed by atoms with Crippen molar-refractivity contribution in [1.29, 1.82) is 0 Å². The highest BCUT2D eigenvalue weighted by atomic mass is 16.1. The van der Waals surface area contributed by atoms with Crippen LogP contribution in [0.15, 0.2) is 84.1 Å². The van der Waals surface area contributed by atoms with E-state index in [1.807, 2.05) is 67.6 Å². The lowest BCUT2D eigenvalue weighted by molar-refractivity contribution is 0.0940. The quantitative estimate of drug-likeness (QED) is 0.352. The minimum absolute atomic E-state index is 0.0639. The summed E-state index contributed by atoms with van der Waals surface area (Å²) < 4.78 is 1.45. The zero-order valence-electron chi connectivity index (χ0n) is 19.3. The van der Waals surface area contributed by atoms with Gasteiger partial charge in [-0.2, -0.15) is 9.78 Å². The predicted octanol–water partition coefficient (Wildman–Crippen LogP) is 4.20. The Morgan fingerprint density at radius 1 is 1.03 bits per heavy atom. The van der Waals surface area contributed by atoms with Gasteiger partial charge >= 0.3 is 0 Å². The minimum Gasteiger partial charge on any atom is -0.383 e. The summed E-state index contributed by atoms with van der Waals surface area (Å²) in [6.45, 7) is 1.98. The molecule has 0 aliphatic carbocycles. The number of nitrogen functional groups attached to an aromatic ring is 1. The van der Waals surface area contributed by atoms with Crippen LogP contribution in [-0.2, 0) is 6.42 Å². The second-order valence-electron chi connectivity index (χ2n) is 8.35. The molecule has 35 heavy (non-hydrogen) atoms. The largest absolute Gasteiger partial charge is 0.383 e. The number of fused-ring (bicyclic) bond motifs is 2. The normalized spacial score (nSPS) is 12.4. The third-order valence-corrected chi connectivity index (χ3v) is 5.78. The number of benzene rings is 2. The monoisotopic (exact) mass is 463 g/mol. The molecule has 0 aliphatic rings. The van der Waals surface area contributed by atoms with Crippen LogP contribution in [0.4, 0.5) is 5.82 Å². The Morgan fingerprint density at radius 3 is 2.49 bits per heavy atom. The fourth-order valence-corrected chi connectivity index (χ4v) is 3.95. The first-order valence-electron chi connectivity index (χ1n) is 11.5. The van der Waals surface area contributed by atoms with Gasteiger partial charge in [-0.05, 0) is 49.6 Å². The molecule has 5 aromatic rings. The van der Waals surface area contributed by atoms with Crippen molar-refractivity contribution in [3.63, 3.8) is 0 Å². The number of para-hydroxylation sites is 2. The molecule has 0 bridgehead atoms. The van der Waals surface area contributed by atoms with Gasteiger partial charge < -0.3 is 11.1 Å². The summed E-state index contributed by atoms with van der Waals surface area (Å²) in [5.74, 6) is -0.125. The van der Waals surface area contributed by atoms with Crippen LogP contribution in [0.25, 0.3) is 22.2 Å². The number of hydrogen-bond donors (Lipinski definition) is 2. The summed E-state index contributed by atoms with van der Waals surface area (Å²) in [7, 11) is 0. The van der Waals surface area contributed by atoms with Gasteiger partial charge in [0.1, 0.15) is 16.9 Å². The highest BCUT2D eigenvalue weighted by Crippen LogP contribution is 2.28. The molecule has 0 spiro atoms. The number of nitrogens with two attached hydrogens (primary N) is 1. The summed E-state index contributed by atoms with van der Waals surface area (Å²) in [5.41, 5.74) is 10.8. The molecule has 0 saturated heterocycles. The first-order chi connectivity index (χ1) is 17.1. The molecule has 0 unspecified atom stereocenters. The van der Waals surface area contributed by atoms with E-state index in [1.54, 1.807) is 12.4 Å². The van der Waals surface area contributed by atoms with Gasteiger partial charge in [0.05, 0.1) is 22.9 Å². The van der Waals surface area contributed by atoms with Gasteiger partial charge in [0.2, 0.25) is 0 Å². The van der Waals surface area contributed by atoms with Gasteiger partial charge in [0.15, 0.2) is 5.65 Å². The molecule has 3 heterocycles. The number of rotatable bonds is 7. The summed E-state index contributed by atoms with van der Waals surface area (Å²) in [6, 6.07) is 23.1. The molecule has 0 aliphatic heterocycles. The molecular weight excluding hydrogens is 438 g/mol. The van der Waals surface area contributed by atoms with E-state index in [9.17, 15) is 4.79 Å². The van der Waals surface area contributed by atoms with Gasteiger partial charge in [-0.15, -0.1) is 0 Å². The Bertz CT molecular complexity index is 1510. The first kappa shape index (κ1) is 22.2. The Labute approximate surface area is 202 Å². The van der Waals surface area contributed by atoms with Crippen LogP contribution in [0.5, 0.6) is 0 Å². The number of pyridine rings is 1. The van der Waals surface area contributed by atoms with Crippen molar-refractivity contribution in [2.75, 3.05) is 5.73 Å². The Hall–Kier alpha value is -4.59. The number of carbonyl (C=O) groups excluding carboxylic acids is 1. The van der Waals surface area contributed by atoms with Crippen LogP contribution in [0.1, 0.15) is 35.0 Å². The molecule has 5 rings (SSSR count). The van der Waals surface area contributed by atoms with Gasteiger partial charge in [0.25, 0.3) is 5.91 Å². The molecule has 8 nitrogen and oxygen atoms in total. The maximum Gasteiger partial charge on any atom is 0.257 e. The highest BCUT2D eigenvalue weighted by molar-refractivity contribution is 6.10. The summed E-state index contributed by atoms with van der Waals surface area (Å²) in [6.07, 6.45) is 4.91. The summed E-state index contributed by atoms with van der Waals surface area (Å²) in [4.78, 5) is 27.1. The molecule has 1 atom stereocenters. The second-order valence-corrected chi connectivity index (χ2v) is 8.35. The van der Waals surface area contributed by atoms with Crippen molar-refractivity contribution >= 4 is 40.1 Å². The van der Waals surface area contributed by atoms with E-state index in [4.69, 9.17) is 15.7 Å². The van der Waals surface area contributed by atoms with Gasteiger partial charge in [-0.25, -0.2) is 9.97 Å². The lowest BCUT2D eigenvalue weighted by atomic mass is 10.1. The van der Waals surface area contributed by atoms with Crippen molar-refractivity contribution in [1.82, 2.24) is 24.9 Å². The van der Waals surface area contributed by atoms with Crippen molar-refractivity contribution in [2.24, 2.45) is 5.10 Å². The molecule has 3 N–H and O–H groups in total. The molecule has 174 valence electrons. The molecule has 2 aromatic carbocycles. The van der Waals surface area contributed by atoms with Gasteiger partial charge in [-0.3, -0.25) is 9.78 Å². The maximum atomic E-state index is 13.4. The Kier molecular flexibility index (Phi) is 6.17. The van der Waals surface area contributed by atoms with Crippen LogP contribution in [0.3, 0.4) is 0 Å². The van der Waals surface area contributed by atoms with Crippen LogP contribution in [-0.4, -0.2) is 37.8 Å². The number of aromatic nitrogens is 4. The number of nitrogens with one attached hydrogen (secondary N) is 1. The number of nitrogens with zero attached hydrogens (tertiary/aromatic N) is 5. The Morgan fingerprint density at radius 2 is 1.74 bits per heavy atom. The van der Waals surface area contributed by atoms with Crippen molar-refractivity contribution in [2.45, 2.75) is 25.8 Å². The highest BCUT2D eigenvalue weighted by Gasteiger charge is 2.25. The number of carbonyl (C=O) groups is 1. The topological polar surface area (TPSA) is 111 Å². The fraction of sp³-hybridized carbons (Fsp3) is 0.148. The van der Waals surface area contributed by atoms with E-state index in [0.29, 0.717) is 27.9 Å². The van der Waals surface area contributed by atoms with Crippen LogP contribution in [0, 0.1) is 0 Å². The van der Waals surface area contributed by atoms with Crippen LogP contribution in [0.2, 0.25) is 0 Å². The molecule has 0 fully saturated rings. The zero-order valence-corrected chi connectivity index (χ0v) is 19.3. The fourth-order valence-electron chi connectivity index (χ4n) is 3.95. The molecule has 0 radical (unpaired) electrons. The van der Waals surface area contributed by atoms with Crippen molar-refractivity contribution < 1.29 is 4.79 Å². The van der Waals surface area contributed by atoms with E-state index in [-0.39, 0.29) is 23.3 Å². The molecule has 8 heteroatoms. The Balaban J connectivity index is 1.50. The SMILES string of the molecule is C[C@H](CCc1ccccc1)NC(=O)c1c(N)n(/N=C\c2ccccn2)c2nc3ccccc3nc12. The number of aryl methyl sites for hydroxylation is 1. The number of hydrogen-bond acceptors (Lipinski definition) is 6. The third-order valence-electron chi connectivity index (χ3n) is 5.78. The van der Waals surface area contributed by atoms with Crippen LogP contribution >= 0.6 is 0 Å². The average molecular weight is 464 g/mol. The predicted molar refractivity (Wildman–Crippen MR) is 138 cm³/mol. The number of anilines is 1. The molecule has 1 amide bonds. The lowest BCUT2D eigenvalue weighted by Crippen LogP contribution is -2.33. The standard InChI is InChI=1S/C27H25N7O/c1-18(14-15-19-9-3-2-4-10-19)31-27(35)23-24-26(33-22-13-6-5-12-21(22)32-24)34(25(23)28)30-17-20-11-7-8-16-29-20/h2-13,16-18H,14-15,28H2,1H3,(H,31,35)/b30-17-/t18-/m1/s1. The minimum atomic E-state index is -0.301. The van der Waals surface area contributed by atoms with Gasteiger partial charge in [0, 0.05) is 12.2 Å². The van der Waals surface area contributed by atoms with E-state index in [0.717, 1.165) is 12.8 Å². The number of amides is 1. The van der Waals surface area contributed by atoms with Crippen molar-refractivity contribution in [3.05, 3.63) is 95.8 Å². The molecular formula is C27H25N7O. The van der Waals surface area contributed by atoms with E-state index < -0.39 is 0 Å². The van der Waals surface area contributed by atoms with Gasteiger partial charge in [-0.1, -0.05) is 48.5 Å². The van der Waals surface area contributed by atoms with Crippen molar-refractivity contribution in [3.8, 4) is 0 Å². The molecule has 3 aromatic heterocycles. The second kappa shape index (κ2) is 9.72. The summed E-state index contributed by atoms with van der Waals surface area (Å²) >= 11 is 0. The average Bonchev–Trinajstić information content (AvgIpc) is 3.16. The smallest absolute Gasteiger partial charge is 0.257 e.